The van der Waals surface area contributed by atoms with Crippen LogP contribution in [0, 0.1) is 0 Å². The van der Waals surface area contributed by atoms with Gasteiger partial charge in [-0.05, 0) is 38.5 Å². The summed E-state index contributed by atoms with van der Waals surface area (Å²) in [5.41, 5.74) is 1.62. The Morgan fingerprint density at radius 1 is 0.970 bits per heavy atom. The van der Waals surface area contributed by atoms with Crippen molar-refractivity contribution in [2.45, 2.75) is 26.8 Å². The smallest absolute Gasteiger partial charge is 0.409 e. The van der Waals surface area contributed by atoms with Gasteiger partial charge in [-0.25, -0.2) is 14.4 Å². The van der Waals surface area contributed by atoms with Crippen LogP contribution in [0.25, 0.3) is 0 Å². The predicted molar refractivity (Wildman–Crippen MR) is 121 cm³/mol. The molecule has 0 aliphatic carbocycles. The minimum atomic E-state index is -0.649. The zero-order chi connectivity index (χ0) is 23.8. The van der Waals surface area contributed by atoms with Crippen molar-refractivity contribution in [1.29, 1.82) is 0 Å². The number of rotatable bonds is 8. The summed E-state index contributed by atoms with van der Waals surface area (Å²) in [6, 6.07) is 6.24. The zero-order valence-electron chi connectivity index (χ0n) is 19.4. The molecule has 3 rings (SSSR count). The molecule has 0 aromatic heterocycles. The van der Waals surface area contributed by atoms with Gasteiger partial charge in [-0.3, -0.25) is 4.90 Å². The van der Waals surface area contributed by atoms with E-state index >= 15 is 0 Å². The number of nitrogens with zero attached hydrogens (tertiary/aromatic N) is 2. The number of nitrogens with one attached hydrogen (secondary N) is 2. The van der Waals surface area contributed by atoms with E-state index in [-0.39, 0.29) is 18.7 Å². The number of carbonyl (C=O) groups excluding carboxylic acids is 3. The maximum atomic E-state index is 12.9. The van der Waals surface area contributed by atoms with Crippen molar-refractivity contribution in [1.82, 2.24) is 20.4 Å². The van der Waals surface area contributed by atoms with Crippen LogP contribution in [0.5, 0.6) is 5.75 Å². The lowest BCUT2D eigenvalue weighted by Gasteiger charge is -2.36. The molecule has 33 heavy (non-hydrogen) atoms. The van der Waals surface area contributed by atoms with Gasteiger partial charge in [0.2, 0.25) is 0 Å². The molecule has 1 saturated heterocycles. The van der Waals surface area contributed by atoms with Crippen molar-refractivity contribution >= 4 is 18.1 Å². The first-order chi connectivity index (χ1) is 16.0. The molecule has 1 atom stereocenters. The van der Waals surface area contributed by atoms with E-state index in [4.69, 9.17) is 14.2 Å². The molecule has 2 aliphatic rings. The first kappa shape index (κ1) is 24.4. The fourth-order valence-electron chi connectivity index (χ4n) is 3.89. The molecule has 0 spiro atoms. The van der Waals surface area contributed by atoms with E-state index in [9.17, 15) is 14.4 Å². The van der Waals surface area contributed by atoms with Crippen LogP contribution in [0.1, 0.15) is 32.4 Å². The largest absolute Gasteiger partial charge is 0.494 e. The van der Waals surface area contributed by atoms with Crippen LogP contribution < -0.4 is 15.4 Å². The first-order valence-corrected chi connectivity index (χ1v) is 11.3. The molecule has 2 N–H and O–H groups in total. The van der Waals surface area contributed by atoms with E-state index in [0.29, 0.717) is 63.0 Å². The third kappa shape index (κ3) is 6.16. The lowest BCUT2D eigenvalue weighted by molar-refractivity contribution is -0.139. The van der Waals surface area contributed by atoms with Crippen molar-refractivity contribution in [2.75, 3.05) is 52.5 Å². The van der Waals surface area contributed by atoms with E-state index < -0.39 is 12.0 Å². The standard InChI is InChI=1S/C23H32N4O6/c1-4-31-17-9-7-16(8-10-17)20-19(21(28)32-5-2)18(24-22(29)25-20)15-26-11-13-27(14-12-26)23(30)33-6-3/h7-10,20H,4-6,11-15H2,1-3H3,(H2,24,25,29). The predicted octanol–water partition coefficient (Wildman–Crippen LogP) is 2.03. The fraction of sp³-hybridized carbons (Fsp3) is 0.522. The Labute approximate surface area is 193 Å². The molecule has 2 heterocycles. The number of amides is 3. The first-order valence-electron chi connectivity index (χ1n) is 11.3. The monoisotopic (exact) mass is 460 g/mol. The van der Waals surface area contributed by atoms with E-state index in [1.807, 2.05) is 31.2 Å². The van der Waals surface area contributed by atoms with Crippen LogP contribution >= 0.6 is 0 Å². The van der Waals surface area contributed by atoms with Crippen LogP contribution in [0.4, 0.5) is 9.59 Å². The SMILES string of the molecule is CCOC(=O)C1=C(CN2CCN(C(=O)OCC)CC2)NC(=O)NC1c1ccc(OCC)cc1. The molecule has 0 saturated carbocycles. The molecule has 1 unspecified atom stereocenters. The molecular weight excluding hydrogens is 428 g/mol. The van der Waals surface area contributed by atoms with Crippen LogP contribution in [-0.4, -0.2) is 80.4 Å². The van der Waals surface area contributed by atoms with Crippen LogP contribution in [-0.2, 0) is 14.3 Å². The van der Waals surface area contributed by atoms with E-state index in [0.717, 1.165) is 5.56 Å². The Balaban J connectivity index is 1.82. The van der Waals surface area contributed by atoms with Gasteiger partial charge in [-0.1, -0.05) is 12.1 Å². The van der Waals surface area contributed by atoms with Crippen LogP contribution in [0.3, 0.4) is 0 Å². The number of ether oxygens (including phenoxy) is 3. The third-order valence-corrected chi connectivity index (χ3v) is 5.45. The average Bonchev–Trinajstić information content (AvgIpc) is 2.80. The molecule has 2 aliphatic heterocycles. The highest BCUT2D eigenvalue weighted by atomic mass is 16.6. The summed E-state index contributed by atoms with van der Waals surface area (Å²) in [6.45, 7) is 9.08. The summed E-state index contributed by atoms with van der Waals surface area (Å²) in [5.74, 6) is 0.229. The number of urea groups is 1. The van der Waals surface area contributed by atoms with Gasteiger partial charge in [-0.15, -0.1) is 0 Å². The van der Waals surface area contributed by atoms with Gasteiger partial charge in [0, 0.05) is 38.4 Å². The molecule has 3 amide bonds. The maximum absolute atomic E-state index is 12.9. The quantitative estimate of drug-likeness (QED) is 0.571. The lowest BCUT2D eigenvalue weighted by atomic mass is 9.94. The number of carbonyl (C=O) groups is 3. The van der Waals surface area contributed by atoms with E-state index in [1.165, 1.54) is 0 Å². The number of benzene rings is 1. The fourth-order valence-corrected chi connectivity index (χ4v) is 3.89. The van der Waals surface area contributed by atoms with Crippen molar-refractivity contribution in [3.63, 3.8) is 0 Å². The van der Waals surface area contributed by atoms with E-state index in [2.05, 4.69) is 15.5 Å². The van der Waals surface area contributed by atoms with Crippen molar-refractivity contribution in [3.8, 4) is 5.75 Å². The molecule has 10 nitrogen and oxygen atoms in total. The third-order valence-electron chi connectivity index (χ3n) is 5.45. The molecule has 1 aromatic rings. The Kier molecular flexibility index (Phi) is 8.53. The highest BCUT2D eigenvalue weighted by Crippen LogP contribution is 2.29. The van der Waals surface area contributed by atoms with Crippen molar-refractivity contribution < 1.29 is 28.6 Å². The van der Waals surface area contributed by atoms with Crippen LogP contribution in [0.15, 0.2) is 35.5 Å². The molecule has 180 valence electrons. The molecule has 0 bridgehead atoms. The zero-order valence-corrected chi connectivity index (χ0v) is 19.4. The summed E-state index contributed by atoms with van der Waals surface area (Å²) in [5, 5.41) is 5.64. The minimum absolute atomic E-state index is 0.220. The van der Waals surface area contributed by atoms with Gasteiger partial charge in [0.1, 0.15) is 5.75 Å². The van der Waals surface area contributed by atoms with Gasteiger partial charge in [0.15, 0.2) is 0 Å². The molecule has 1 fully saturated rings. The Morgan fingerprint density at radius 2 is 1.64 bits per heavy atom. The van der Waals surface area contributed by atoms with Gasteiger partial charge >= 0.3 is 18.1 Å². The van der Waals surface area contributed by atoms with Gasteiger partial charge in [0.25, 0.3) is 0 Å². The second-order valence-electron chi connectivity index (χ2n) is 7.61. The molecule has 1 aromatic carbocycles. The normalized spacial score (nSPS) is 18.9. The number of esters is 1. The van der Waals surface area contributed by atoms with Gasteiger partial charge < -0.3 is 29.7 Å². The highest BCUT2D eigenvalue weighted by molar-refractivity contribution is 5.95. The molecular formula is C23H32N4O6. The second-order valence-corrected chi connectivity index (χ2v) is 7.61. The Hall–Kier alpha value is -3.27. The highest BCUT2D eigenvalue weighted by Gasteiger charge is 2.35. The minimum Gasteiger partial charge on any atom is -0.494 e. The summed E-state index contributed by atoms with van der Waals surface area (Å²) in [4.78, 5) is 41.1. The average molecular weight is 461 g/mol. The maximum Gasteiger partial charge on any atom is 0.409 e. The summed E-state index contributed by atoms with van der Waals surface area (Å²) in [7, 11) is 0. The topological polar surface area (TPSA) is 109 Å². The number of piperazine rings is 1. The van der Waals surface area contributed by atoms with Gasteiger partial charge in [-0.2, -0.15) is 0 Å². The van der Waals surface area contributed by atoms with Crippen LogP contribution in [0.2, 0.25) is 0 Å². The number of hydrogen-bond acceptors (Lipinski definition) is 7. The van der Waals surface area contributed by atoms with E-state index in [1.54, 1.807) is 18.7 Å². The Morgan fingerprint density at radius 3 is 2.24 bits per heavy atom. The molecule has 0 radical (unpaired) electrons. The van der Waals surface area contributed by atoms with Gasteiger partial charge in [0.05, 0.1) is 31.4 Å². The Bertz CT molecular complexity index is 877. The number of hydrogen-bond donors (Lipinski definition) is 2. The van der Waals surface area contributed by atoms with Crippen molar-refractivity contribution in [2.24, 2.45) is 0 Å². The summed E-state index contributed by atoms with van der Waals surface area (Å²) < 4.78 is 15.9. The lowest BCUT2D eigenvalue weighted by Crippen LogP contribution is -2.52. The van der Waals surface area contributed by atoms with Crippen molar-refractivity contribution in [3.05, 3.63) is 41.1 Å². The summed E-state index contributed by atoms with van der Waals surface area (Å²) >= 11 is 0. The summed E-state index contributed by atoms with van der Waals surface area (Å²) in [6.07, 6.45) is -0.325. The molecule has 10 heteroatoms. The second kappa shape index (κ2) is 11.6.